The van der Waals surface area contributed by atoms with Crippen LogP contribution in [-0.4, -0.2) is 61.3 Å². The number of anilines is 1. The molecule has 35 heavy (non-hydrogen) atoms. The van der Waals surface area contributed by atoms with Crippen LogP contribution in [0.5, 0.6) is 5.75 Å². The van der Waals surface area contributed by atoms with Crippen molar-refractivity contribution in [2.75, 3.05) is 44.6 Å². The van der Waals surface area contributed by atoms with Gasteiger partial charge in [0, 0.05) is 30.2 Å². The zero-order valence-corrected chi connectivity index (χ0v) is 22.9. The molecule has 0 radical (unpaired) electrons. The van der Waals surface area contributed by atoms with Gasteiger partial charge in [-0.3, -0.25) is 14.5 Å². The Morgan fingerprint density at radius 3 is 2.46 bits per heavy atom. The highest BCUT2D eigenvalue weighted by atomic mass is 32.2. The summed E-state index contributed by atoms with van der Waals surface area (Å²) in [4.78, 5) is 28.0. The maximum Gasteiger partial charge on any atom is 0.240 e. The molecule has 1 aromatic heterocycles. The lowest BCUT2D eigenvalue weighted by Gasteiger charge is -2.29. The Kier molecular flexibility index (Phi) is 8.21. The van der Waals surface area contributed by atoms with Gasteiger partial charge in [0.1, 0.15) is 18.1 Å². The number of nitrogens with zero attached hydrogens (tertiary/aromatic N) is 3. The normalized spacial score (nSPS) is 16.6. The Morgan fingerprint density at radius 2 is 1.86 bits per heavy atom. The summed E-state index contributed by atoms with van der Waals surface area (Å²) < 4.78 is 12.7. The van der Waals surface area contributed by atoms with Crippen molar-refractivity contribution in [1.29, 1.82) is 0 Å². The van der Waals surface area contributed by atoms with Gasteiger partial charge in [0.25, 0.3) is 0 Å². The number of methoxy groups -OCH3 is 2. The first-order valence-corrected chi connectivity index (χ1v) is 12.9. The third-order valence-corrected chi connectivity index (χ3v) is 7.02. The van der Waals surface area contributed by atoms with E-state index in [-0.39, 0.29) is 34.8 Å². The molecule has 2 amide bonds. The molecule has 0 spiro atoms. The lowest BCUT2D eigenvalue weighted by atomic mass is 9.87. The van der Waals surface area contributed by atoms with Crippen LogP contribution < -0.4 is 15.0 Å². The Balaban J connectivity index is 2.27. The van der Waals surface area contributed by atoms with Crippen LogP contribution in [0.4, 0.5) is 5.82 Å². The second-order valence-corrected chi connectivity index (χ2v) is 11.8. The molecule has 1 aromatic carbocycles. The molecule has 2 heterocycles. The molecule has 1 N–H and O–H groups in total. The quantitative estimate of drug-likeness (QED) is 0.579. The maximum atomic E-state index is 13.5. The van der Waals surface area contributed by atoms with E-state index < -0.39 is 5.54 Å². The van der Waals surface area contributed by atoms with Crippen LogP contribution in [0.3, 0.4) is 0 Å². The summed E-state index contributed by atoms with van der Waals surface area (Å²) in [6, 6.07) is 7.90. The monoisotopic (exact) mass is 502 g/mol. The summed E-state index contributed by atoms with van der Waals surface area (Å²) in [5, 5.41) is 7.75. The highest BCUT2D eigenvalue weighted by molar-refractivity contribution is 8.00. The standard InChI is InChI=1S/C26H38N4O4S/c1-25(2,3)23-21-22(17-11-9-10-12-18(17)34-8)35-16-20(32)29(15-19(31)27-13-14-33-7)24(21)30(28-23)26(4,5)6/h9-12,22H,13-16H2,1-8H3,(H,27,31)/t22-/m1/s1. The molecular weight excluding hydrogens is 464 g/mol. The number of rotatable bonds is 7. The fourth-order valence-electron chi connectivity index (χ4n) is 4.16. The Labute approximate surface area is 212 Å². The number of carbonyl (C=O) groups excluding carboxylic acids is 2. The molecule has 0 aliphatic carbocycles. The number of benzene rings is 1. The molecule has 0 unspecified atom stereocenters. The van der Waals surface area contributed by atoms with Gasteiger partial charge >= 0.3 is 0 Å². The number of nitrogens with one attached hydrogen (secondary N) is 1. The second kappa shape index (κ2) is 10.6. The van der Waals surface area contributed by atoms with Crippen LogP contribution in [0.2, 0.25) is 0 Å². The summed E-state index contributed by atoms with van der Waals surface area (Å²) in [6.07, 6.45) is 0. The average Bonchev–Trinajstić information content (AvgIpc) is 3.13. The molecule has 2 aromatic rings. The van der Waals surface area contributed by atoms with E-state index in [2.05, 4.69) is 46.9 Å². The Morgan fingerprint density at radius 1 is 1.17 bits per heavy atom. The van der Waals surface area contributed by atoms with Crippen molar-refractivity contribution in [2.45, 2.75) is 57.7 Å². The van der Waals surface area contributed by atoms with Crippen LogP contribution in [0.25, 0.3) is 0 Å². The number of aromatic nitrogens is 2. The van der Waals surface area contributed by atoms with Crippen molar-refractivity contribution in [1.82, 2.24) is 15.1 Å². The zero-order chi connectivity index (χ0) is 26.0. The molecule has 1 aliphatic heterocycles. The Hall–Kier alpha value is -2.52. The highest BCUT2D eigenvalue weighted by Crippen LogP contribution is 2.50. The molecule has 9 heteroatoms. The third-order valence-electron chi connectivity index (χ3n) is 5.79. The zero-order valence-electron chi connectivity index (χ0n) is 22.1. The van der Waals surface area contributed by atoms with Crippen LogP contribution in [0.1, 0.15) is 63.6 Å². The predicted molar refractivity (Wildman–Crippen MR) is 140 cm³/mol. The fraction of sp³-hybridized carbons (Fsp3) is 0.577. The number of amides is 2. The van der Waals surface area contributed by atoms with Gasteiger partial charge in [0.05, 0.1) is 36.0 Å². The second-order valence-electron chi connectivity index (χ2n) is 10.7. The molecule has 3 rings (SSSR count). The van der Waals surface area contributed by atoms with E-state index in [1.165, 1.54) is 0 Å². The maximum absolute atomic E-state index is 13.5. The van der Waals surface area contributed by atoms with E-state index in [0.717, 1.165) is 22.6 Å². The van der Waals surface area contributed by atoms with E-state index in [1.54, 1.807) is 30.9 Å². The van der Waals surface area contributed by atoms with Gasteiger partial charge < -0.3 is 14.8 Å². The van der Waals surface area contributed by atoms with Gasteiger partial charge in [-0.05, 0) is 26.8 Å². The van der Waals surface area contributed by atoms with E-state index in [0.29, 0.717) is 19.0 Å². The minimum Gasteiger partial charge on any atom is -0.496 e. The lowest BCUT2D eigenvalue weighted by Crippen LogP contribution is -2.44. The van der Waals surface area contributed by atoms with E-state index in [4.69, 9.17) is 14.6 Å². The topological polar surface area (TPSA) is 85.7 Å². The molecule has 0 bridgehead atoms. The molecule has 8 nitrogen and oxygen atoms in total. The van der Waals surface area contributed by atoms with Crippen LogP contribution in [0.15, 0.2) is 24.3 Å². The average molecular weight is 503 g/mol. The molecule has 1 aliphatic rings. The van der Waals surface area contributed by atoms with Gasteiger partial charge in [-0.1, -0.05) is 39.0 Å². The largest absolute Gasteiger partial charge is 0.496 e. The Bertz CT molecular complexity index is 1070. The number of carbonyl (C=O) groups is 2. The molecule has 1 atom stereocenters. The molecule has 192 valence electrons. The SMILES string of the molecule is COCCNC(=O)CN1C(=O)CS[C@H](c2ccccc2OC)c2c(C(C)(C)C)nn(C(C)(C)C)c21. The number of fused-ring (bicyclic) bond motifs is 1. The van der Waals surface area contributed by atoms with Crippen molar-refractivity contribution in [2.24, 2.45) is 0 Å². The predicted octanol–water partition coefficient (Wildman–Crippen LogP) is 3.88. The number of para-hydroxylation sites is 1. The van der Waals surface area contributed by atoms with Gasteiger partial charge in [-0.2, -0.15) is 5.10 Å². The summed E-state index contributed by atoms with van der Waals surface area (Å²) in [5.41, 5.74) is 2.14. The molecule has 0 saturated carbocycles. The summed E-state index contributed by atoms with van der Waals surface area (Å²) in [7, 11) is 3.24. The van der Waals surface area contributed by atoms with Gasteiger partial charge in [-0.15, -0.1) is 11.8 Å². The van der Waals surface area contributed by atoms with Gasteiger partial charge in [-0.25, -0.2) is 4.68 Å². The summed E-state index contributed by atoms with van der Waals surface area (Å²) in [6.45, 7) is 13.3. The molecule has 0 fully saturated rings. The third kappa shape index (κ3) is 5.83. The van der Waals surface area contributed by atoms with Crippen LogP contribution in [0, 0.1) is 0 Å². The number of hydrogen-bond acceptors (Lipinski definition) is 6. The van der Waals surface area contributed by atoms with Crippen molar-refractivity contribution >= 4 is 29.4 Å². The van der Waals surface area contributed by atoms with E-state index in [9.17, 15) is 9.59 Å². The molecule has 0 saturated heterocycles. The first kappa shape index (κ1) is 27.1. The van der Waals surface area contributed by atoms with Crippen LogP contribution >= 0.6 is 11.8 Å². The van der Waals surface area contributed by atoms with Crippen molar-refractivity contribution in [3.8, 4) is 5.75 Å². The summed E-state index contributed by atoms with van der Waals surface area (Å²) in [5.74, 6) is 1.31. The van der Waals surface area contributed by atoms with Crippen LogP contribution in [-0.2, 0) is 25.3 Å². The van der Waals surface area contributed by atoms with Gasteiger partial charge in [0.2, 0.25) is 11.8 Å². The van der Waals surface area contributed by atoms with E-state index in [1.807, 2.05) is 28.9 Å². The number of ether oxygens (including phenoxy) is 2. The molecular formula is C26H38N4O4S. The smallest absolute Gasteiger partial charge is 0.240 e. The van der Waals surface area contributed by atoms with E-state index >= 15 is 0 Å². The lowest BCUT2D eigenvalue weighted by molar-refractivity contribution is -0.123. The van der Waals surface area contributed by atoms with Crippen molar-refractivity contribution in [3.05, 3.63) is 41.1 Å². The van der Waals surface area contributed by atoms with Crippen molar-refractivity contribution in [3.63, 3.8) is 0 Å². The highest BCUT2D eigenvalue weighted by Gasteiger charge is 2.42. The minimum absolute atomic E-state index is 0.0832. The number of thioether (sulfide) groups is 1. The van der Waals surface area contributed by atoms with Gasteiger partial charge in [0.15, 0.2) is 0 Å². The minimum atomic E-state index is -0.418. The van der Waals surface area contributed by atoms with Crippen molar-refractivity contribution < 1.29 is 19.1 Å². The first-order chi connectivity index (χ1) is 16.4. The number of hydrogen-bond donors (Lipinski definition) is 1. The summed E-state index contributed by atoms with van der Waals surface area (Å²) >= 11 is 1.55. The fourth-order valence-corrected chi connectivity index (χ4v) is 5.38. The first-order valence-electron chi connectivity index (χ1n) is 11.8.